The molecule has 0 heterocycles. The molecule has 0 unspecified atom stereocenters. The molecule has 1 heteroatoms. The van der Waals surface area contributed by atoms with Crippen LogP contribution < -0.4 is 0 Å². The van der Waals surface area contributed by atoms with Crippen molar-refractivity contribution < 1.29 is 0 Å². The van der Waals surface area contributed by atoms with Gasteiger partial charge in [0.1, 0.15) is 0 Å². The normalized spacial score (nSPS) is 10.8. The molecule has 0 amide bonds. The van der Waals surface area contributed by atoms with Gasteiger partial charge in [0, 0.05) is 4.47 Å². The van der Waals surface area contributed by atoms with Crippen LogP contribution >= 0.6 is 15.9 Å². The Kier molecular flexibility index (Phi) is 2.89. The van der Waals surface area contributed by atoms with Crippen molar-refractivity contribution in [2.45, 2.75) is 13.8 Å². The van der Waals surface area contributed by atoms with Crippen LogP contribution in [0.15, 0.2) is 28.7 Å². The van der Waals surface area contributed by atoms with Gasteiger partial charge in [-0.05, 0) is 31.0 Å². The van der Waals surface area contributed by atoms with Gasteiger partial charge in [0.25, 0.3) is 0 Å². The van der Waals surface area contributed by atoms with E-state index in [0.29, 0.717) is 0 Å². The summed E-state index contributed by atoms with van der Waals surface area (Å²) in [4.78, 5) is 0. The third-order valence-corrected chi connectivity index (χ3v) is 2.41. The molecule has 0 atom stereocenters. The van der Waals surface area contributed by atoms with Crippen molar-refractivity contribution >= 4 is 22.0 Å². The van der Waals surface area contributed by atoms with Crippen LogP contribution in [0.2, 0.25) is 0 Å². The van der Waals surface area contributed by atoms with Gasteiger partial charge in [-0.2, -0.15) is 0 Å². The second-order valence-corrected chi connectivity index (χ2v) is 3.36. The van der Waals surface area contributed by atoms with E-state index in [2.05, 4.69) is 47.1 Å². The maximum atomic E-state index is 3.48. The van der Waals surface area contributed by atoms with E-state index in [1.165, 1.54) is 15.6 Å². The lowest BCUT2D eigenvalue weighted by molar-refractivity contribution is 1.42. The van der Waals surface area contributed by atoms with Crippen molar-refractivity contribution in [1.82, 2.24) is 0 Å². The Hall–Kier alpha value is -0.560. The second kappa shape index (κ2) is 3.72. The molecule has 0 nitrogen and oxygen atoms in total. The topological polar surface area (TPSA) is 0 Å². The number of benzene rings is 1. The number of hydrogen-bond donors (Lipinski definition) is 0. The van der Waals surface area contributed by atoms with Crippen molar-refractivity contribution in [3.8, 4) is 0 Å². The highest BCUT2D eigenvalue weighted by atomic mass is 79.9. The molecule has 0 aromatic heterocycles. The van der Waals surface area contributed by atoms with E-state index in [9.17, 15) is 0 Å². The zero-order chi connectivity index (χ0) is 8.27. The van der Waals surface area contributed by atoms with Crippen LogP contribution in [-0.2, 0) is 0 Å². The van der Waals surface area contributed by atoms with Crippen molar-refractivity contribution in [3.05, 3.63) is 39.9 Å². The first-order valence-electron chi connectivity index (χ1n) is 3.63. The average molecular weight is 211 g/mol. The summed E-state index contributed by atoms with van der Waals surface area (Å²) in [5, 5.41) is 0. The van der Waals surface area contributed by atoms with Crippen LogP contribution in [0.4, 0.5) is 0 Å². The first kappa shape index (κ1) is 8.54. The minimum Gasteiger partial charge on any atom is -0.0871 e. The molecule has 0 aliphatic carbocycles. The van der Waals surface area contributed by atoms with Gasteiger partial charge in [-0.1, -0.05) is 40.2 Å². The highest BCUT2D eigenvalue weighted by Gasteiger charge is 1.92. The zero-order valence-corrected chi connectivity index (χ0v) is 8.35. The Balaban J connectivity index is 3.05. The van der Waals surface area contributed by atoms with E-state index in [1.807, 2.05) is 13.0 Å². The van der Waals surface area contributed by atoms with Gasteiger partial charge in [0.2, 0.25) is 0 Å². The molecule has 0 saturated heterocycles. The maximum Gasteiger partial charge on any atom is 0.0210 e. The van der Waals surface area contributed by atoms with Gasteiger partial charge in [-0.15, -0.1) is 0 Å². The Morgan fingerprint density at radius 2 is 2.09 bits per heavy atom. The average Bonchev–Trinajstić information content (AvgIpc) is 1.98. The minimum absolute atomic E-state index is 1.17. The Labute approximate surface area is 76.1 Å². The maximum absolute atomic E-state index is 3.48. The summed E-state index contributed by atoms with van der Waals surface area (Å²) in [6.07, 6.45) is 4.13. The van der Waals surface area contributed by atoms with Crippen molar-refractivity contribution in [3.63, 3.8) is 0 Å². The minimum atomic E-state index is 1.17. The predicted molar refractivity (Wildman–Crippen MR) is 53.6 cm³/mol. The smallest absolute Gasteiger partial charge is 0.0210 e. The lowest BCUT2D eigenvalue weighted by Gasteiger charge is -1.98. The van der Waals surface area contributed by atoms with Gasteiger partial charge >= 0.3 is 0 Å². The summed E-state index contributed by atoms with van der Waals surface area (Å²) in [5.74, 6) is 0. The molecule has 0 bridgehead atoms. The molecular weight excluding hydrogens is 200 g/mol. The van der Waals surface area contributed by atoms with Gasteiger partial charge < -0.3 is 0 Å². The summed E-state index contributed by atoms with van der Waals surface area (Å²) in [6.45, 7) is 4.11. The van der Waals surface area contributed by atoms with Crippen molar-refractivity contribution in [2.75, 3.05) is 0 Å². The van der Waals surface area contributed by atoms with Gasteiger partial charge in [0.15, 0.2) is 0 Å². The number of allylic oxidation sites excluding steroid dienone is 1. The fourth-order valence-corrected chi connectivity index (χ4v) is 1.30. The van der Waals surface area contributed by atoms with Gasteiger partial charge in [0.05, 0.1) is 0 Å². The molecular formula is C10H11Br. The van der Waals surface area contributed by atoms with Crippen molar-refractivity contribution in [1.29, 1.82) is 0 Å². The first-order valence-corrected chi connectivity index (χ1v) is 4.42. The highest BCUT2D eigenvalue weighted by Crippen LogP contribution is 2.17. The van der Waals surface area contributed by atoms with Crippen LogP contribution in [0, 0.1) is 6.92 Å². The molecule has 0 aliphatic heterocycles. The van der Waals surface area contributed by atoms with Gasteiger partial charge in [-0.3, -0.25) is 0 Å². The van der Waals surface area contributed by atoms with E-state index in [4.69, 9.17) is 0 Å². The summed E-state index contributed by atoms with van der Waals surface area (Å²) in [7, 11) is 0. The molecule has 0 radical (unpaired) electrons. The molecule has 0 saturated carbocycles. The van der Waals surface area contributed by atoms with Crippen LogP contribution in [0.1, 0.15) is 18.1 Å². The lowest BCUT2D eigenvalue weighted by Crippen LogP contribution is -1.76. The molecule has 0 fully saturated rings. The summed E-state index contributed by atoms with van der Waals surface area (Å²) in [6, 6.07) is 6.34. The number of aryl methyl sites for hydroxylation is 1. The van der Waals surface area contributed by atoms with Crippen LogP contribution in [0.3, 0.4) is 0 Å². The molecule has 1 aromatic rings. The van der Waals surface area contributed by atoms with E-state index in [-0.39, 0.29) is 0 Å². The Bertz CT molecular complexity index is 274. The van der Waals surface area contributed by atoms with E-state index in [0.717, 1.165) is 0 Å². The first-order chi connectivity index (χ1) is 5.24. The summed E-state index contributed by atoms with van der Waals surface area (Å²) >= 11 is 3.48. The predicted octanol–water partition coefficient (Wildman–Crippen LogP) is 3.79. The molecule has 58 valence electrons. The summed E-state index contributed by atoms with van der Waals surface area (Å²) < 4.78 is 1.17. The molecule has 11 heavy (non-hydrogen) atoms. The van der Waals surface area contributed by atoms with E-state index in [1.54, 1.807) is 0 Å². The lowest BCUT2D eigenvalue weighted by atomic mass is 10.1. The standard InChI is InChI=1S/C10H11Br/c1-3-4-9-6-5-8(2)10(11)7-9/h3-7H,1-2H3. The number of halogens is 1. The third kappa shape index (κ3) is 2.19. The number of rotatable bonds is 1. The van der Waals surface area contributed by atoms with Gasteiger partial charge in [-0.25, -0.2) is 0 Å². The molecule has 0 N–H and O–H groups in total. The third-order valence-electron chi connectivity index (χ3n) is 1.56. The second-order valence-electron chi connectivity index (χ2n) is 2.51. The molecule has 1 aromatic carbocycles. The van der Waals surface area contributed by atoms with Crippen LogP contribution in [0.25, 0.3) is 6.08 Å². The van der Waals surface area contributed by atoms with Crippen LogP contribution in [-0.4, -0.2) is 0 Å². The fourth-order valence-electron chi connectivity index (χ4n) is 0.905. The quantitative estimate of drug-likeness (QED) is 0.662. The number of hydrogen-bond acceptors (Lipinski definition) is 0. The monoisotopic (exact) mass is 210 g/mol. The Morgan fingerprint density at radius 1 is 1.36 bits per heavy atom. The fraction of sp³-hybridized carbons (Fsp3) is 0.200. The van der Waals surface area contributed by atoms with Crippen LogP contribution in [0.5, 0.6) is 0 Å². The van der Waals surface area contributed by atoms with E-state index >= 15 is 0 Å². The molecule has 0 aliphatic rings. The van der Waals surface area contributed by atoms with Crippen molar-refractivity contribution in [2.24, 2.45) is 0 Å². The highest BCUT2D eigenvalue weighted by molar-refractivity contribution is 9.10. The van der Waals surface area contributed by atoms with E-state index < -0.39 is 0 Å². The largest absolute Gasteiger partial charge is 0.0871 e. The molecule has 0 spiro atoms. The Morgan fingerprint density at radius 3 is 2.64 bits per heavy atom. The molecule has 1 rings (SSSR count). The SMILES string of the molecule is CC=Cc1ccc(C)c(Br)c1. The zero-order valence-electron chi connectivity index (χ0n) is 6.76. The summed E-state index contributed by atoms with van der Waals surface area (Å²) in [5.41, 5.74) is 2.52.